The molecule has 3 nitrogen and oxygen atoms in total. The van der Waals surface area contributed by atoms with Crippen LogP contribution in [-0.2, 0) is 11.3 Å². The Labute approximate surface area is 133 Å². The molecule has 1 aromatic heterocycles. The summed E-state index contributed by atoms with van der Waals surface area (Å²) in [6.07, 6.45) is 8.19. The fourth-order valence-corrected chi connectivity index (χ4v) is 3.44. The van der Waals surface area contributed by atoms with Gasteiger partial charge < -0.3 is 10.1 Å². The largest absolute Gasteiger partial charge is 0.381 e. The second-order valence-corrected chi connectivity index (χ2v) is 6.57. The number of pyridine rings is 1. The molecule has 1 unspecified atom stereocenters. The van der Waals surface area contributed by atoms with Gasteiger partial charge in [0.15, 0.2) is 0 Å². The van der Waals surface area contributed by atoms with Crippen molar-refractivity contribution in [2.75, 3.05) is 12.4 Å². The SMILES string of the molecule is CCC(C)[C@H]1CC[C@H](Nc2ccnc(COC)c2Cl)CC1. The molecule has 0 bridgehead atoms. The lowest BCUT2D eigenvalue weighted by Gasteiger charge is -2.33. The van der Waals surface area contributed by atoms with Crippen LogP contribution in [0, 0.1) is 11.8 Å². The molecule has 4 heteroatoms. The molecule has 1 heterocycles. The molecule has 21 heavy (non-hydrogen) atoms. The summed E-state index contributed by atoms with van der Waals surface area (Å²) in [5.74, 6) is 1.74. The number of aromatic nitrogens is 1. The number of hydrogen-bond donors (Lipinski definition) is 1. The van der Waals surface area contributed by atoms with Crippen molar-refractivity contribution in [3.63, 3.8) is 0 Å². The van der Waals surface area contributed by atoms with Gasteiger partial charge in [-0.1, -0.05) is 31.9 Å². The maximum Gasteiger partial charge on any atom is 0.0900 e. The minimum Gasteiger partial charge on any atom is -0.381 e. The summed E-state index contributed by atoms with van der Waals surface area (Å²) in [5, 5.41) is 4.30. The molecule has 1 saturated carbocycles. The Morgan fingerprint density at radius 3 is 2.71 bits per heavy atom. The van der Waals surface area contributed by atoms with Crippen molar-refractivity contribution in [3.05, 3.63) is 23.0 Å². The van der Waals surface area contributed by atoms with E-state index >= 15 is 0 Å². The Bertz CT molecular complexity index is 444. The van der Waals surface area contributed by atoms with E-state index in [0.717, 1.165) is 23.2 Å². The molecule has 1 aliphatic rings. The number of rotatable bonds is 6. The van der Waals surface area contributed by atoms with Gasteiger partial charge in [0.2, 0.25) is 0 Å². The molecule has 1 N–H and O–H groups in total. The standard InChI is InChI=1S/C17H27ClN2O/c1-4-12(2)13-5-7-14(8-6-13)20-15-9-10-19-16(11-21-3)17(15)18/h9-10,12-14H,4-8,11H2,1-3H3,(H,19,20)/t12?,13-,14-. The Kier molecular flexibility index (Phi) is 6.31. The van der Waals surface area contributed by atoms with E-state index in [4.69, 9.17) is 16.3 Å². The van der Waals surface area contributed by atoms with Crippen LogP contribution in [0.4, 0.5) is 5.69 Å². The van der Waals surface area contributed by atoms with Crippen molar-refractivity contribution in [1.82, 2.24) is 4.98 Å². The third-order valence-electron chi connectivity index (χ3n) is 4.82. The Morgan fingerprint density at radius 1 is 1.38 bits per heavy atom. The third kappa shape index (κ3) is 4.33. The first kappa shape index (κ1) is 16.6. The van der Waals surface area contributed by atoms with Crippen LogP contribution in [-0.4, -0.2) is 18.1 Å². The van der Waals surface area contributed by atoms with Crippen molar-refractivity contribution < 1.29 is 4.74 Å². The van der Waals surface area contributed by atoms with Gasteiger partial charge in [-0.25, -0.2) is 0 Å². The van der Waals surface area contributed by atoms with Gasteiger partial charge in [-0.3, -0.25) is 4.98 Å². The van der Waals surface area contributed by atoms with Crippen LogP contribution in [0.2, 0.25) is 5.02 Å². The number of halogens is 1. The minimum atomic E-state index is 0.453. The molecular formula is C17H27ClN2O. The minimum absolute atomic E-state index is 0.453. The molecule has 1 fully saturated rings. The smallest absolute Gasteiger partial charge is 0.0900 e. The Balaban J connectivity index is 1.93. The van der Waals surface area contributed by atoms with E-state index in [1.807, 2.05) is 6.07 Å². The molecular weight excluding hydrogens is 284 g/mol. The van der Waals surface area contributed by atoms with Crippen LogP contribution < -0.4 is 5.32 Å². The molecule has 1 atom stereocenters. The van der Waals surface area contributed by atoms with Crippen LogP contribution in [0.5, 0.6) is 0 Å². The highest BCUT2D eigenvalue weighted by atomic mass is 35.5. The van der Waals surface area contributed by atoms with Crippen molar-refractivity contribution >= 4 is 17.3 Å². The number of ether oxygens (including phenoxy) is 1. The molecule has 0 amide bonds. The van der Waals surface area contributed by atoms with E-state index in [-0.39, 0.29) is 0 Å². The summed E-state index contributed by atoms with van der Waals surface area (Å²) in [7, 11) is 1.66. The zero-order valence-corrected chi connectivity index (χ0v) is 14.1. The molecule has 0 spiro atoms. The zero-order valence-electron chi connectivity index (χ0n) is 13.4. The second kappa shape index (κ2) is 8.00. The topological polar surface area (TPSA) is 34.2 Å². The molecule has 0 aliphatic heterocycles. The van der Waals surface area contributed by atoms with Crippen LogP contribution >= 0.6 is 11.6 Å². The fraction of sp³-hybridized carbons (Fsp3) is 0.706. The lowest BCUT2D eigenvalue weighted by atomic mass is 9.78. The van der Waals surface area contributed by atoms with Gasteiger partial charge in [-0.05, 0) is 43.6 Å². The first-order valence-electron chi connectivity index (χ1n) is 8.04. The van der Waals surface area contributed by atoms with Crippen molar-refractivity contribution in [3.8, 4) is 0 Å². The maximum atomic E-state index is 6.40. The van der Waals surface area contributed by atoms with Gasteiger partial charge in [-0.2, -0.15) is 0 Å². The highest BCUT2D eigenvalue weighted by Gasteiger charge is 2.24. The van der Waals surface area contributed by atoms with E-state index in [1.165, 1.54) is 32.1 Å². The summed E-state index contributed by atoms with van der Waals surface area (Å²) in [6, 6.07) is 2.49. The molecule has 0 radical (unpaired) electrons. The van der Waals surface area contributed by atoms with Gasteiger partial charge >= 0.3 is 0 Å². The van der Waals surface area contributed by atoms with Gasteiger partial charge in [0.1, 0.15) is 0 Å². The average molecular weight is 311 g/mol. The van der Waals surface area contributed by atoms with Crippen molar-refractivity contribution in [2.24, 2.45) is 11.8 Å². The first-order chi connectivity index (χ1) is 10.2. The van der Waals surface area contributed by atoms with Gasteiger partial charge in [0.25, 0.3) is 0 Å². The Hall–Kier alpha value is -0.800. The van der Waals surface area contributed by atoms with E-state index in [1.54, 1.807) is 13.3 Å². The van der Waals surface area contributed by atoms with Gasteiger partial charge in [0.05, 0.1) is 23.0 Å². The molecule has 0 saturated heterocycles. The quantitative estimate of drug-likeness (QED) is 0.811. The number of hydrogen-bond acceptors (Lipinski definition) is 3. The van der Waals surface area contributed by atoms with Crippen LogP contribution in [0.1, 0.15) is 51.6 Å². The van der Waals surface area contributed by atoms with E-state index in [0.29, 0.717) is 17.7 Å². The van der Waals surface area contributed by atoms with Crippen molar-refractivity contribution in [1.29, 1.82) is 0 Å². The highest BCUT2D eigenvalue weighted by molar-refractivity contribution is 6.33. The van der Waals surface area contributed by atoms with Crippen LogP contribution in [0.15, 0.2) is 12.3 Å². The van der Waals surface area contributed by atoms with Gasteiger partial charge in [-0.15, -0.1) is 0 Å². The predicted molar refractivity (Wildman–Crippen MR) is 88.8 cm³/mol. The van der Waals surface area contributed by atoms with Crippen LogP contribution in [0.3, 0.4) is 0 Å². The molecule has 1 aliphatic carbocycles. The first-order valence-corrected chi connectivity index (χ1v) is 8.42. The summed E-state index contributed by atoms with van der Waals surface area (Å²) < 4.78 is 5.13. The lowest BCUT2D eigenvalue weighted by molar-refractivity contribution is 0.181. The predicted octanol–water partition coefficient (Wildman–Crippen LogP) is 4.90. The summed E-state index contributed by atoms with van der Waals surface area (Å²) in [6.45, 7) is 5.13. The lowest BCUT2D eigenvalue weighted by Crippen LogP contribution is -2.28. The Morgan fingerprint density at radius 2 is 2.10 bits per heavy atom. The summed E-state index contributed by atoms with van der Waals surface area (Å²) in [5.41, 5.74) is 1.79. The van der Waals surface area contributed by atoms with Crippen LogP contribution in [0.25, 0.3) is 0 Å². The second-order valence-electron chi connectivity index (χ2n) is 6.19. The molecule has 0 aromatic carbocycles. The summed E-state index contributed by atoms with van der Waals surface area (Å²) >= 11 is 6.40. The zero-order chi connectivity index (χ0) is 15.2. The highest BCUT2D eigenvalue weighted by Crippen LogP contribution is 2.34. The molecule has 118 valence electrons. The van der Waals surface area contributed by atoms with Gasteiger partial charge in [0, 0.05) is 19.3 Å². The average Bonchev–Trinajstić information content (AvgIpc) is 2.51. The fourth-order valence-electron chi connectivity index (χ4n) is 3.22. The van der Waals surface area contributed by atoms with Crippen molar-refractivity contribution in [2.45, 2.75) is 58.6 Å². The molecule has 1 aromatic rings. The molecule has 2 rings (SSSR count). The van der Waals surface area contributed by atoms with E-state index in [2.05, 4.69) is 24.1 Å². The number of anilines is 1. The third-order valence-corrected chi connectivity index (χ3v) is 5.24. The number of methoxy groups -OCH3 is 1. The summed E-state index contributed by atoms with van der Waals surface area (Å²) in [4.78, 5) is 4.27. The number of nitrogens with one attached hydrogen (secondary N) is 1. The normalized spacial score (nSPS) is 23.8. The monoisotopic (exact) mass is 310 g/mol. The van der Waals surface area contributed by atoms with E-state index < -0.39 is 0 Å². The number of nitrogens with zero attached hydrogens (tertiary/aromatic N) is 1. The van der Waals surface area contributed by atoms with E-state index in [9.17, 15) is 0 Å². The maximum absolute atomic E-state index is 6.40.